The Hall–Kier alpha value is -0.850. The zero-order chi connectivity index (χ0) is 9.26. The minimum Gasteiger partial charge on any atom is -0.382 e. The summed E-state index contributed by atoms with van der Waals surface area (Å²) >= 11 is 2.51. The highest BCUT2D eigenvalue weighted by Crippen LogP contribution is 2.27. The van der Waals surface area contributed by atoms with E-state index in [9.17, 15) is 5.11 Å². The standard InChI is InChI=1S/C7H7N3OS2/c1-4-7(13-10-9-4)6(11)5-2-3-8-12-5/h2-3,6,11H,1H3. The number of hydrogen-bond acceptors (Lipinski definition) is 6. The van der Waals surface area contributed by atoms with Crippen LogP contribution in [0.2, 0.25) is 0 Å². The van der Waals surface area contributed by atoms with Crippen LogP contribution in [0.25, 0.3) is 0 Å². The van der Waals surface area contributed by atoms with Gasteiger partial charge in [0.2, 0.25) is 0 Å². The molecule has 0 amide bonds. The van der Waals surface area contributed by atoms with Gasteiger partial charge in [0.15, 0.2) is 0 Å². The van der Waals surface area contributed by atoms with Crippen LogP contribution in [0.3, 0.4) is 0 Å². The Morgan fingerprint density at radius 2 is 2.31 bits per heavy atom. The van der Waals surface area contributed by atoms with Gasteiger partial charge in [-0.3, -0.25) is 0 Å². The van der Waals surface area contributed by atoms with Gasteiger partial charge in [-0.25, -0.2) is 4.37 Å². The van der Waals surface area contributed by atoms with E-state index in [-0.39, 0.29) is 0 Å². The van der Waals surface area contributed by atoms with Gasteiger partial charge in [-0.05, 0) is 36.1 Å². The van der Waals surface area contributed by atoms with Crippen molar-refractivity contribution in [2.45, 2.75) is 13.0 Å². The molecule has 1 unspecified atom stereocenters. The smallest absolute Gasteiger partial charge is 0.127 e. The maximum atomic E-state index is 9.85. The molecule has 0 saturated heterocycles. The Labute approximate surface area is 83.2 Å². The number of aromatic nitrogens is 3. The first-order valence-electron chi connectivity index (χ1n) is 3.66. The van der Waals surface area contributed by atoms with Crippen molar-refractivity contribution in [3.8, 4) is 0 Å². The van der Waals surface area contributed by atoms with Gasteiger partial charge in [-0.1, -0.05) is 4.49 Å². The summed E-state index contributed by atoms with van der Waals surface area (Å²) in [7, 11) is 0. The highest BCUT2D eigenvalue weighted by molar-refractivity contribution is 7.07. The predicted molar refractivity (Wildman–Crippen MR) is 50.8 cm³/mol. The Kier molecular flexibility index (Phi) is 2.34. The van der Waals surface area contributed by atoms with Gasteiger partial charge >= 0.3 is 0 Å². The lowest BCUT2D eigenvalue weighted by Gasteiger charge is -2.03. The molecule has 2 rings (SSSR count). The maximum Gasteiger partial charge on any atom is 0.127 e. The molecule has 0 bridgehead atoms. The van der Waals surface area contributed by atoms with Crippen molar-refractivity contribution in [1.29, 1.82) is 0 Å². The molecule has 0 aromatic carbocycles. The van der Waals surface area contributed by atoms with E-state index in [2.05, 4.69) is 14.0 Å². The first-order valence-corrected chi connectivity index (χ1v) is 5.21. The number of hydrogen-bond donors (Lipinski definition) is 1. The van der Waals surface area contributed by atoms with E-state index in [4.69, 9.17) is 0 Å². The summed E-state index contributed by atoms with van der Waals surface area (Å²) < 4.78 is 7.70. The minimum absolute atomic E-state index is 0.618. The number of aliphatic hydroxyl groups excluding tert-OH is 1. The molecule has 13 heavy (non-hydrogen) atoms. The van der Waals surface area contributed by atoms with Crippen LogP contribution < -0.4 is 0 Å². The molecule has 0 aliphatic carbocycles. The third-order valence-electron chi connectivity index (χ3n) is 1.66. The second kappa shape index (κ2) is 3.49. The van der Waals surface area contributed by atoms with Crippen LogP contribution in [0.4, 0.5) is 0 Å². The molecule has 0 fully saturated rings. The first kappa shape index (κ1) is 8.74. The molecule has 6 heteroatoms. The summed E-state index contributed by atoms with van der Waals surface area (Å²) in [4.78, 5) is 1.62. The van der Waals surface area contributed by atoms with Crippen molar-refractivity contribution in [3.63, 3.8) is 0 Å². The molecule has 68 valence electrons. The molecule has 0 radical (unpaired) electrons. The van der Waals surface area contributed by atoms with Crippen LogP contribution in [-0.4, -0.2) is 19.1 Å². The molecule has 0 saturated carbocycles. The van der Waals surface area contributed by atoms with Crippen molar-refractivity contribution in [1.82, 2.24) is 14.0 Å². The fraction of sp³-hybridized carbons (Fsp3) is 0.286. The second-order valence-electron chi connectivity index (χ2n) is 2.54. The van der Waals surface area contributed by atoms with Gasteiger partial charge in [-0.2, -0.15) is 0 Å². The monoisotopic (exact) mass is 213 g/mol. The zero-order valence-electron chi connectivity index (χ0n) is 6.84. The van der Waals surface area contributed by atoms with Crippen LogP contribution in [0.1, 0.15) is 21.6 Å². The lowest BCUT2D eigenvalue weighted by molar-refractivity contribution is 0.227. The van der Waals surface area contributed by atoms with Gasteiger partial charge in [0.25, 0.3) is 0 Å². The van der Waals surface area contributed by atoms with E-state index in [0.29, 0.717) is 0 Å². The Morgan fingerprint density at radius 3 is 2.85 bits per heavy atom. The van der Waals surface area contributed by atoms with E-state index in [1.165, 1.54) is 23.1 Å². The molecule has 2 aromatic heterocycles. The van der Waals surface area contributed by atoms with E-state index >= 15 is 0 Å². The highest BCUT2D eigenvalue weighted by Gasteiger charge is 2.17. The first-order chi connectivity index (χ1) is 6.29. The number of aryl methyl sites for hydroxylation is 1. The van der Waals surface area contributed by atoms with Crippen LogP contribution in [0.15, 0.2) is 12.3 Å². The molecular formula is C7H7N3OS2. The van der Waals surface area contributed by atoms with Gasteiger partial charge in [0.1, 0.15) is 6.10 Å². The average molecular weight is 213 g/mol. The molecule has 2 heterocycles. The molecule has 1 atom stereocenters. The Morgan fingerprint density at radius 1 is 1.46 bits per heavy atom. The van der Waals surface area contributed by atoms with E-state index in [0.717, 1.165) is 15.4 Å². The summed E-state index contributed by atoms with van der Waals surface area (Å²) in [6, 6.07) is 1.80. The van der Waals surface area contributed by atoms with Gasteiger partial charge < -0.3 is 5.11 Å². The van der Waals surface area contributed by atoms with Crippen molar-refractivity contribution in [2.75, 3.05) is 0 Å². The van der Waals surface area contributed by atoms with Crippen molar-refractivity contribution < 1.29 is 5.11 Å². The van der Waals surface area contributed by atoms with Gasteiger partial charge in [0, 0.05) is 6.20 Å². The fourth-order valence-corrected chi connectivity index (χ4v) is 2.29. The summed E-state index contributed by atoms with van der Waals surface area (Å²) in [5.41, 5.74) is 0.783. The average Bonchev–Trinajstić information content (AvgIpc) is 2.72. The van der Waals surface area contributed by atoms with Crippen molar-refractivity contribution >= 4 is 23.1 Å². The lowest BCUT2D eigenvalue weighted by Crippen LogP contribution is -1.95. The predicted octanol–water partition coefficient (Wildman–Crippen LogP) is 1.38. The molecule has 1 N–H and O–H groups in total. The Bertz CT molecular complexity index is 384. The molecule has 4 nitrogen and oxygen atoms in total. The fourth-order valence-electron chi connectivity index (χ4n) is 0.985. The van der Waals surface area contributed by atoms with Gasteiger partial charge in [-0.15, -0.1) is 5.10 Å². The minimum atomic E-state index is -0.618. The molecule has 0 aliphatic heterocycles. The highest BCUT2D eigenvalue weighted by atomic mass is 32.1. The number of aliphatic hydroxyl groups is 1. The van der Waals surface area contributed by atoms with Crippen molar-refractivity contribution in [2.24, 2.45) is 0 Å². The second-order valence-corrected chi connectivity index (χ2v) is 4.19. The Balaban J connectivity index is 2.33. The molecule has 0 aliphatic rings. The van der Waals surface area contributed by atoms with Crippen molar-refractivity contribution in [3.05, 3.63) is 27.7 Å². The molecular weight excluding hydrogens is 206 g/mol. The van der Waals surface area contributed by atoms with Gasteiger partial charge in [0.05, 0.1) is 15.4 Å². The summed E-state index contributed by atoms with van der Waals surface area (Å²) in [5.74, 6) is 0. The topological polar surface area (TPSA) is 58.9 Å². The van der Waals surface area contributed by atoms with E-state index in [1.54, 1.807) is 12.3 Å². The summed E-state index contributed by atoms with van der Waals surface area (Å²) in [5, 5.41) is 13.7. The van der Waals surface area contributed by atoms with E-state index < -0.39 is 6.10 Å². The van der Waals surface area contributed by atoms with Crippen LogP contribution >= 0.6 is 23.1 Å². The summed E-state index contributed by atoms with van der Waals surface area (Å²) in [6.07, 6.45) is 1.06. The number of nitrogens with zero attached hydrogens (tertiary/aromatic N) is 3. The van der Waals surface area contributed by atoms with Crippen LogP contribution in [0, 0.1) is 6.92 Å². The summed E-state index contributed by atoms with van der Waals surface area (Å²) in [6.45, 7) is 1.84. The molecule has 2 aromatic rings. The van der Waals surface area contributed by atoms with E-state index in [1.807, 2.05) is 6.92 Å². The maximum absolute atomic E-state index is 9.85. The van der Waals surface area contributed by atoms with Crippen LogP contribution in [-0.2, 0) is 0 Å². The number of rotatable bonds is 2. The quantitative estimate of drug-likeness (QED) is 0.819. The third kappa shape index (κ3) is 1.60. The zero-order valence-corrected chi connectivity index (χ0v) is 8.47. The third-order valence-corrected chi connectivity index (χ3v) is 3.34. The lowest BCUT2D eigenvalue weighted by atomic mass is 10.2. The normalized spacial score (nSPS) is 13.1. The SMILES string of the molecule is Cc1nnsc1C(O)c1ccns1. The largest absolute Gasteiger partial charge is 0.382 e. The van der Waals surface area contributed by atoms with Crippen LogP contribution in [0.5, 0.6) is 0 Å². The molecule has 0 spiro atoms.